The van der Waals surface area contributed by atoms with E-state index in [9.17, 15) is 22.8 Å². The Hall–Kier alpha value is -2.05. The molecule has 4 nitrogen and oxygen atoms in total. The van der Waals surface area contributed by atoms with Gasteiger partial charge in [-0.1, -0.05) is 0 Å². The predicted octanol–water partition coefficient (Wildman–Crippen LogP) is 1.48. The van der Waals surface area contributed by atoms with E-state index in [0.717, 1.165) is 0 Å². The summed E-state index contributed by atoms with van der Waals surface area (Å²) < 4.78 is 42.3. The molecule has 0 radical (unpaired) electrons. The third-order valence-corrected chi connectivity index (χ3v) is 1.48. The van der Waals surface area contributed by atoms with Crippen LogP contribution in [0.25, 0.3) is 0 Å². The maximum absolute atomic E-state index is 12.9. The van der Waals surface area contributed by atoms with Crippen molar-refractivity contribution >= 4 is 11.9 Å². The molecule has 1 aromatic carbocycles. The average Bonchev–Trinajstić information content (AvgIpc) is 2.11. The summed E-state index contributed by atoms with van der Waals surface area (Å²) in [5.74, 6) is -8.03. The van der Waals surface area contributed by atoms with E-state index in [-0.39, 0.29) is 6.07 Å². The van der Waals surface area contributed by atoms with Crippen molar-refractivity contribution in [1.82, 2.24) is 0 Å². The van der Waals surface area contributed by atoms with Crippen molar-refractivity contribution in [3.8, 4) is 5.75 Å². The number of halogens is 3. The fourth-order valence-corrected chi connectivity index (χ4v) is 0.889. The Labute approximate surface area is 87.3 Å². The Balaban J connectivity index is 2.89. The quantitative estimate of drug-likeness (QED) is 0.372. The zero-order valence-electron chi connectivity index (χ0n) is 7.67. The molecule has 7 heteroatoms. The maximum Gasteiger partial charge on any atom is 0.322 e. The van der Waals surface area contributed by atoms with E-state index in [1.807, 2.05) is 0 Å². The van der Waals surface area contributed by atoms with Crippen molar-refractivity contribution < 1.29 is 32.6 Å². The van der Waals surface area contributed by atoms with Crippen LogP contribution >= 0.6 is 0 Å². The van der Waals surface area contributed by atoms with Crippen LogP contribution in [0.2, 0.25) is 0 Å². The molecule has 16 heavy (non-hydrogen) atoms. The third kappa shape index (κ3) is 2.97. The molecule has 0 aromatic heterocycles. The number of aliphatic carboxylic acids is 1. The lowest BCUT2D eigenvalue weighted by Gasteiger charge is -2.04. The van der Waals surface area contributed by atoms with Crippen molar-refractivity contribution in [2.75, 3.05) is 0 Å². The topological polar surface area (TPSA) is 63.6 Å². The van der Waals surface area contributed by atoms with Crippen molar-refractivity contribution in [3.63, 3.8) is 0 Å². The van der Waals surface area contributed by atoms with Gasteiger partial charge in [0.2, 0.25) is 5.82 Å². The fraction of sp³-hybridized carbons (Fsp3) is 0.111. The Kier molecular flexibility index (Phi) is 3.49. The van der Waals surface area contributed by atoms with E-state index in [2.05, 4.69) is 4.74 Å². The Morgan fingerprint density at radius 2 is 1.88 bits per heavy atom. The van der Waals surface area contributed by atoms with Crippen molar-refractivity contribution in [2.24, 2.45) is 0 Å². The summed E-state index contributed by atoms with van der Waals surface area (Å²) >= 11 is 0. The second kappa shape index (κ2) is 4.65. The number of carbonyl (C=O) groups is 2. The van der Waals surface area contributed by atoms with Crippen LogP contribution in [-0.4, -0.2) is 17.0 Å². The molecule has 0 atom stereocenters. The van der Waals surface area contributed by atoms with Gasteiger partial charge in [0.1, 0.15) is 12.2 Å². The van der Waals surface area contributed by atoms with Crippen LogP contribution in [0.4, 0.5) is 13.2 Å². The summed E-state index contributed by atoms with van der Waals surface area (Å²) in [5, 5.41) is 8.20. The van der Waals surface area contributed by atoms with E-state index in [4.69, 9.17) is 5.11 Å². The van der Waals surface area contributed by atoms with Gasteiger partial charge in [-0.3, -0.25) is 9.59 Å². The molecule has 0 saturated carbocycles. The average molecular weight is 234 g/mol. The molecule has 1 rings (SSSR count). The number of carboxylic acids is 1. The molecule has 1 aromatic rings. The summed E-state index contributed by atoms with van der Waals surface area (Å²) in [7, 11) is 0. The van der Waals surface area contributed by atoms with Gasteiger partial charge < -0.3 is 9.84 Å². The van der Waals surface area contributed by atoms with Gasteiger partial charge in [0.25, 0.3) is 0 Å². The largest absolute Gasteiger partial charge is 0.481 e. The molecule has 0 aliphatic rings. The minimum absolute atomic E-state index is 0.268. The summed E-state index contributed by atoms with van der Waals surface area (Å²) in [6.07, 6.45) is -1.03. The SMILES string of the molecule is O=C(O)CC(=O)Oc1cc(F)cc(F)c1F. The highest BCUT2D eigenvalue weighted by molar-refractivity contribution is 5.91. The molecule has 0 bridgehead atoms. The van der Waals surface area contributed by atoms with Gasteiger partial charge in [-0.2, -0.15) is 4.39 Å². The highest BCUT2D eigenvalue weighted by Gasteiger charge is 2.17. The summed E-state index contributed by atoms with van der Waals surface area (Å²) in [5.41, 5.74) is 0. The van der Waals surface area contributed by atoms with Crippen molar-refractivity contribution in [1.29, 1.82) is 0 Å². The van der Waals surface area contributed by atoms with Gasteiger partial charge in [-0.25, -0.2) is 8.78 Å². The number of ether oxygens (including phenoxy) is 1. The molecule has 0 aliphatic carbocycles. The highest BCUT2D eigenvalue weighted by atomic mass is 19.2. The molecular weight excluding hydrogens is 229 g/mol. The van der Waals surface area contributed by atoms with E-state index in [1.54, 1.807) is 0 Å². The summed E-state index contributed by atoms with van der Waals surface area (Å²) in [6.45, 7) is 0. The van der Waals surface area contributed by atoms with Gasteiger partial charge in [-0.15, -0.1) is 0 Å². The zero-order chi connectivity index (χ0) is 12.3. The molecule has 0 heterocycles. The first-order valence-electron chi connectivity index (χ1n) is 3.97. The normalized spacial score (nSPS) is 9.94. The number of carboxylic acid groups (broad SMARTS) is 1. The molecule has 1 N–H and O–H groups in total. The van der Waals surface area contributed by atoms with E-state index in [1.165, 1.54) is 0 Å². The van der Waals surface area contributed by atoms with E-state index in [0.29, 0.717) is 6.07 Å². The van der Waals surface area contributed by atoms with Crippen LogP contribution in [0.15, 0.2) is 12.1 Å². The molecule has 0 spiro atoms. The van der Waals surface area contributed by atoms with E-state index < -0.39 is 41.6 Å². The number of hydrogen-bond acceptors (Lipinski definition) is 3. The molecule has 0 saturated heterocycles. The minimum atomic E-state index is -1.56. The summed E-state index contributed by atoms with van der Waals surface area (Å²) in [6, 6.07) is 0.710. The van der Waals surface area contributed by atoms with Gasteiger partial charge in [-0.05, 0) is 0 Å². The van der Waals surface area contributed by atoms with Crippen molar-refractivity contribution in [2.45, 2.75) is 6.42 Å². The smallest absolute Gasteiger partial charge is 0.322 e. The molecule has 0 amide bonds. The highest BCUT2D eigenvalue weighted by Crippen LogP contribution is 2.21. The number of carbonyl (C=O) groups excluding carboxylic acids is 1. The number of hydrogen-bond donors (Lipinski definition) is 1. The van der Waals surface area contributed by atoms with Gasteiger partial charge in [0.05, 0.1) is 0 Å². The first-order valence-corrected chi connectivity index (χ1v) is 3.97. The summed E-state index contributed by atoms with van der Waals surface area (Å²) in [4.78, 5) is 20.9. The molecule has 86 valence electrons. The predicted molar refractivity (Wildman–Crippen MR) is 44.2 cm³/mol. The van der Waals surface area contributed by atoms with Crippen LogP contribution < -0.4 is 4.74 Å². The van der Waals surface area contributed by atoms with Crippen molar-refractivity contribution in [3.05, 3.63) is 29.6 Å². The number of rotatable bonds is 3. The second-order valence-electron chi connectivity index (χ2n) is 2.74. The van der Waals surface area contributed by atoms with Gasteiger partial charge in [0.15, 0.2) is 11.6 Å². The van der Waals surface area contributed by atoms with E-state index >= 15 is 0 Å². The van der Waals surface area contributed by atoms with Crippen LogP contribution in [0.1, 0.15) is 6.42 Å². The lowest BCUT2D eigenvalue weighted by atomic mass is 10.3. The first-order chi connectivity index (χ1) is 7.40. The number of esters is 1. The zero-order valence-corrected chi connectivity index (χ0v) is 7.67. The van der Waals surface area contributed by atoms with Crippen LogP contribution in [0.3, 0.4) is 0 Å². The minimum Gasteiger partial charge on any atom is -0.481 e. The molecule has 0 fully saturated rings. The Morgan fingerprint density at radius 1 is 1.25 bits per heavy atom. The van der Waals surface area contributed by atoms with Crippen LogP contribution in [-0.2, 0) is 9.59 Å². The standard InChI is InChI=1S/C9H5F3O4/c10-4-1-5(11)9(12)6(2-4)16-8(15)3-7(13)14/h1-2H,3H2,(H,13,14). The second-order valence-corrected chi connectivity index (χ2v) is 2.74. The van der Waals surface area contributed by atoms with Crippen LogP contribution in [0.5, 0.6) is 5.75 Å². The molecule has 0 aliphatic heterocycles. The lowest BCUT2D eigenvalue weighted by molar-refractivity contribution is -0.145. The maximum atomic E-state index is 12.9. The van der Waals surface area contributed by atoms with Gasteiger partial charge >= 0.3 is 11.9 Å². The lowest BCUT2D eigenvalue weighted by Crippen LogP contribution is -2.14. The third-order valence-electron chi connectivity index (χ3n) is 1.48. The van der Waals surface area contributed by atoms with Gasteiger partial charge in [0, 0.05) is 12.1 Å². The first kappa shape index (κ1) is 12.0. The Morgan fingerprint density at radius 3 is 2.44 bits per heavy atom. The van der Waals surface area contributed by atoms with Crippen LogP contribution in [0, 0.1) is 17.5 Å². The molecular formula is C9H5F3O4. The fourth-order valence-electron chi connectivity index (χ4n) is 0.889. The monoisotopic (exact) mass is 234 g/mol. The number of benzene rings is 1. The molecule has 0 unspecified atom stereocenters. The Bertz CT molecular complexity index is 445.